The highest BCUT2D eigenvalue weighted by molar-refractivity contribution is 7.98. The number of hydrogen-bond acceptors (Lipinski definition) is 4. The Morgan fingerprint density at radius 3 is 2.83 bits per heavy atom. The largest absolute Gasteiger partial charge is 0.496 e. The fourth-order valence-electron chi connectivity index (χ4n) is 3.51. The van der Waals surface area contributed by atoms with Crippen molar-refractivity contribution in [1.82, 2.24) is 10.3 Å². The molecule has 0 radical (unpaired) electrons. The first kappa shape index (κ1) is 19.6. The third-order valence-corrected chi connectivity index (χ3v) is 6.71. The number of para-hydroxylation sites is 1. The molecule has 4 aromatic rings. The Balaban J connectivity index is 1.61. The minimum absolute atomic E-state index is 0.0755. The van der Waals surface area contributed by atoms with Crippen molar-refractivity contribution in [3.63, 3.8) is 0 Å². The maximum atomic E-state index is 12.9. The SMILES string of the molecule is COc1cc(SC)ccc1C(=O)NCC(c1cccs1)c1c[nH]c2ccccc12. The van der Waals surface area contributed by atoms with E-state index in [2.05, 4.69) is 40.1 Å². The molecule has 0 aliphatic carbocycles. The number of thiophene rings is 1. The molecule has 4 nitrogen and oxygen atoms in total. The Morgan fingerprint density at radius 2 is 2.07 bits per heavy atom. The number of H-pyrrole nitrogens is 1. The first-order chi connectivity index (χ1) is 14.2. The van der Waals surface area contributed by atoms with E-state index in [1.54, 1.807) is 30.2 Å². The van der Waals surface area contributed by atoms with Gasteiger partial charge in [-0.05, 0) is 47.5 Å². The monoisotopic (exact) mass is 422 g/mol. The second kappa shape index (κ2) is 8.76. The number of carbonyl (C=O) groups is 1. The highest BCUT2D eigenvalue weighted by atomic mass is 32.2. The molecule has 0 saturated carbocycles. The lowest BCUT2D eigenvalue weighted by molar-refractivity contribution is 0.0949. The topological polar surface area (TPSA) is 54.1 Å². The van der Waals surface area contributed by atoms with Crippen molar-refractivity contribution in [2.75, 3.05) is 19.9 Å². The number of carbonyl (C=O) groups excluding carboxylic acids is 1. The third-order valence-electron chi connectivity index (χ3n) is 5.00. The Labute approximate surface area is 178 Å². The minimum Gasteiger partial charge on any atom is -0.496 e. The van der Waals surface area contributed by atoms with E-state index in [0.29, 0.717) is 17.9 Å². The van der Waals surface area contributed by atoms with Crippen molar-refractivity contribution < 1.29 is 9.53 Å². The second-order valence-electron chi connectivity index (χ2n) is 6.63. The van der Waals surface area contributed by atoms with Crippen LogP contribution in [-0.2, 0) is 0 Å². The molecule has 0 bridgehead atoms. The molecule has 6 heteroatoms. The summed E-state index contributed by atoms with van der Waals surface area (Å²) in [6.07, 6.45) is 4.05. The summed E-state index contributed by atoms with van der Waals surface area (Å²) in [5.41, 5.74) is 2.84. The number of thioether (sulfide) groups is 1. The van der Waals surface area contributed by atoms with Crippen LogP contribution in [0.4, 0.5) is 0 Å². The highest BCUT2D eigenvalue weighted by Crippen LogP contribution is 2.33. The molecule has 4 rings (SSSR count). The van der Waals surface area contributed by atoms with E-state index in [1.165, 1.54) is 15.8 Å². The van der Waals surface area contributed by atoms with E-state index in [4.69, 9.17) is 4.74 Å². The van der Waals surface area contributed by atoms with E-state index < -0.39 is 0 Å². The van der Waals surface area contributed by atoms with E-state index in [1.807, 2.05) is 42.7 Å². The van der Waals surface area contributed by atoms with Crippen molar-refractivity contribution in [2.45, 2.75) is 10.8 Å². The van der Waals surface area contributed by atoms with Gasteiger partial charge in [0.05, 0.1) is 12.7 Å². The average molecular weight is 423 g/mol. The fourth-order valence-corrected chi connectivity index (χ4v) is 4.79. The van der Waals surface area contributed by atoms with Gasteiger partial charge in [0.1, 0.15) is 5.75 Å². The summed E-state index contributed by atoms with van der Waals surface area (Å²) in [7, 11) is 1.59. The molecule has 1 atom stereocenters. The fraction of sp³-hybridized carbons (Fsp3) is 0.174. The molecular weight excluding hydrogens is 400 g/mol. The normalized spacial score (nSPS) is 12.1. The molecule has 0 aliphatic rings. The van der Waals surface area contributed by atoms with Crippen molar-refractivity contribution in [2.24, 2.45) is 0 Å². The Bertz CT molecular complexity index is 1120. The van der Waals surface area contributed by atoms with Crippen LogP contribution in [0.5, 0.6) is 5.75 Å². The van der Waals surface area contributed by atoms with Crippen LogP contribution < -0.4 is 10.1 Å². The third kappa shape index (κ3) is 4.04. The zero-order valence-electron chi connectivity index (χ0n) is 16.3. The van der Waals surface area contributed by atoms with Gasteiger partial charge < -0.3 is 15.0 Å². The number of fused-ring (bicyclic) bond motifs is 1. The van der Waals surface area contributed by atoms with Gasteiger partial charge in [-0.15, -0.1) is 23.1 Å². The van der Waals surface area contributed by atoms with Crippen molar-refractivity contribution in [3.8, 4) is 5.75 Å². The molecule has 0 aliphatic heterocycles. The van der Waals surface area contributed by atoms with Gasteiger partial charge in [-0.2, -0.15) is 0 Å². The Morgan fingerprint density at radius 1 is 1.21 bits per heavy atom. The van der Waals surface area contributed by atoms with Gasteiger partial charge in [0.15, 0.2) is 0 Å². The van der Waals surface area contributed by atoms with Crippen molar-refractivity contribution >= 4 is 39.9 Å². The number of aromatic amines is 1. The van der Waals surface area contributed by atoms with Gasteiger partial charge in [-0.1, -0.05) is 24.3 Å². The molecule has 2 aromatic carbocycles. The molecule has 29 heavy (non-hydrogen) atoms. The number of rotatable bonds is 7. The summed E-state index contributed by atoms with van der Waals surface area (Å²) in [6, 6.07) is 18.1. The zero-order chi connectivity index (χ0) is 20.2. The molecule has 1 amide bonds. The number of aromatic nitrogens is 1. The molecule has 0 fully saturated rings. The van der Waals surface area contributed by atoms with Gasteiger partial charge >= 0.3 is 0 Å². The first-order valence-electron chi connectivity index (χ1n) is 9.31. The maximum Gasteiger partial charge on any atom is 0.255 e. The molecule has 0 spiro atoms. The van der Waals surface area contributed by atoms with E-state index in [9.17, 15) is 4.79 Å². The lowest BCUT2D eigenvalue weighted by Crippen LogP contribution is -2.29. The van der Waals surface area contributed by atoms with Crippen LogP contribution in [-0.4, -0.2) is 30.8 Å². The lowest BCUT2D eigenvalue weighted by atomic mass is 9.96. The minimum atomic E-state index is -0.129. The maximum absolute atomic E-state index is 12.9. The van der Waals surface area contributed by atoms with Crippen LogP contribution in [0.2, 0.25) is 0 Å². The smallest absolute Gasteiger partial charge is 0.255 e. The second-order valence-corrected chi connectivity index (χ2v) is 8.49. The molecular formula is C23H22N2O2S2. The summed E-state index contributed by atoms with van der Waals surface area (Å²) in [5.74, 6) is 0.539. The molecule has 2 aromatic heterocycles. The molecule has 2 heterocycles. The van der Waals surface area contributed by atoms with E-state index >= 15 is 0 Å². The van der Waals surface area contributed by atoms with Crippen LogP contribution >= 0.6 is 23.1 Å². The number of amides is 1. The number of nitrogens with one attached hydrogen (secondary N) is 2. The van der Waals surface area contributed by atoms with Crippen molar-refractivity contribution in [1.29, 1.82) is 0 Å². The van der Waals surface area contributed by atoms with Crippen LogP contribution in [0.25, 0.3) is 10.9 Å². The van der Waals surface area contributed by atoms with Crippen LogP contribution in [0.15, 0.2) is 71.1 Å². The predicted molar refractivity (Wildman–Crippen MR) is 122 cm³/mol. The standard InChI is InChI=1S/C23H22N2O2S2/c1-27-21-12-15(28-2)9-10-17(21)23(26)25-14-19(22-8-5-11-29-22)18-13-24-20-7-4-3-6-16(18)20/h3-13,19,24H,14H2,1-2H3,(H,25,26). The summed E-state index contributed by atoms with van der Waals surface area (Å²) in [5, 5.41) is 6.37. The summed E-state index contributed by atoms with van der Waals surface area (Å²) in [4.78, 5) is 18.6. The number of methoxy groups -OCH3 is 1. The number of benzene rings is 2. The quantitative estimate of drug-likeness (QED) is 0.386. The van der Waals surface area contributed by atoms with E-state index in [-0.39, 0.29) is 11.8 Å². The molecule has 1 unspecified atom stereocenters. The predicted octanol–water partition coefficient (Wildman–Crippen LogP) is 5.52. The van der Waals surface area contributed by atoms with Gasteiger partial charge in [0.2, 0.25) is 0 Å². The molecule has 2 N–H and O–H groups in total. The molecule has 0 saturated heterocycles. The average Bonchev–Trinajstić information content (AvgIpc) is 3.44. The highest BCUT2D eigenvalue weighted by Gasteiger charge is 2.21. The molecule has 148 valence electrons. The number of hydrogen-bond donors (Lipinski definition) is 2. The summed E-state index contributed by atoms with van der Waals surface area (Å²) in [6.45, 7) is 0.509. The first-order valence-corrected chi connectivity index (χ1v) is 11.4. The Kier molecular flexibility index (Phi) is 5.92. The van der Waals surface area contributed by atoms with Crippen LogP contribution in [0, 0.1) is 0 Å². The lowest BCUT2D eigenvalue weighted by Gasteiger charge is -2.17. The summed E-state index contributed by atoms with van der Waals surface area (Å²) >= 11 is 3.33. The summed E-state index contributed by atoms with van der Waals surface area (Å²) < 4.78 is 5.44. The zero-order valence-corrected chi connectivity index (χ0v) is 17.9. The van der Waals surface area contributed by atoms with Gasteiger partial charge in [-0.25, -0.2) is 0 Å². The van der Waals surface area contributed by atoms with Gasteiger partial charge in [0, 0.05) is 39.3 Å². The van der Waals surface area contributed by atoms with Crippen LogP contribution in [0.1, 0.15) is 26.7 Å². The van der Waals surface area contributed by atoms with Crippen LogP contribution in [0.3, 0.4) is 0 Å². The van der Waals surface area contributed by atoms with Gasteiger partial charge in [0.25, 0.3) is 5.91 Å². The van der Waals surface area contributed by atoms with Gasteiger partial charge in [-0.3, -0.25) is 4.79 Å². The number of ether oxygens (including phenoxy) is 1. The van der Waals surface area contributed by atoms with Crippen molar-refractivity contribution in [3.05, 3.63) is 82.2 Å². The van der Waals surface area contributed by atoms with E-state index in [0.717, 1.165) is 10.4 Å². The Hall–Kier alpha value is -2.70.